The van der Waals surface area contributed by atoms with Gasteiger partial charge in [-0.3, -0.25) is 0 Å². The molecule has 0 saturated heterocycles. The van der Waals surface area contributed by atoms with Gasteiger partial charge in [-0.15, -0.1) is 11.8 Å². The molecule has 0 aliphatic rings. The lowest BCUT2D eigenvalue weighted by molar-refractivity contribution is 1.42. The summed E-state index contributed by atoms with van der Waals surface area (Å²) >= 11 is 7.87. The van der Waals surface area contributed by atoms with E-state index in [1.54, 1.807) is 11.8 Å². The summed E-state index contributed by atoms with van der Waals surface area (Å²) in [7, 11) is 0. The van der Waals surface area contributed by atoms with Crippen LogP contribution in [0.25, 0.3) is 5.70 Å². The van der Waals surface area contributed by atoms with Gasteiger partial charge in [0.25, 0.3) is 0 Å². The first-order valence-corrected chi connectivity index (χ1v) is 7.47. The first kappa shape index (κ1) is 14.0. The van der Waals surface area contributed by atoms with Gasteiger partial charge in [0.1, 0.15) is 0 Å². The van der Waals surface area contributed by atoms with Crippen LogP contribution in [0.1, 0.15) is 16.7 Å². The third-order valence-corrected chi connectivity index (χ3v) is 3.97. The lowest BCUT2D eigenvalue weighted by Crippen LogP contribution is -1.96. The lowest BCUT2D eigenvalue weighted by atomic mass is 10.1. The van der Waals surface area contributed by atoms with Crippen LogP contribution >= 0.6 is 23.4 Å². The van der Waals surface area contributed by atoms with Crippen LogP contribution < -0.4 is 5.73 Å². The number of hydrogen-bond donors (Lipinski definition) is 1. The van der Waals surface area contributed by atoms with Gasteiger partial charge in [0.05, 0.1) is 5.02 Å². The zero-order valence-electron chi connectivity index (χ0n) is 10.8. The third-order valence-electron chi connectivity index (χ3n) is 2.74. The summed E-state index contributed by atoms with van der Waals surface area (Å²) in [6.45, 7) is 2.01. The lowest BCUT2D eigenvalue weighted by Gasteiger charge is -2.05. The van der Waals surface area contributed by atoms with Gasteiger partial charge < -0.3 is 5.73 Å². The van der Waals surface area contributed by atoms with Crippen molar-refractivity contribution >= 4 is 29.1 Å². The standard InChI is InChI=1S/C16H16ClNS/c1-12-7-8-14(15(17)9-12)16(18)11-19-10-13-5-3-2-4-6-13/h2-9,11H,10,18H2,1H3/b16-11-. The molecule has 1 nitrogen and oxygen atoms in total. The largest absolute Gasteiger partial charge is 0.398 e. The van der Waals surface area contributed by atoms with Gasteiger partial charge in [-0.05, 0) is 29.5 Å². The average Bonchev–Trinajstić information content (AvgIpc) is 2.39. The number of rotatable bonds is 4. The number of benzene rings is 2. The minimum Gasteiger partial charge on any atom is -0.398 e. The highest BCUT2D eigenvalue weighted by molar-refractivity contribution is 8.01. The number of nitrogens with two attached hydrogens (primary N) is 1. The normalized spacial score (nSPS) is 11.6. The van der Waals surface area contributed by atoms with Crippen LogP contribution in [0.2, 0.25) is 5.02 Å². The molecule has 0 heterocycles. The van der Waals surface area contributed by atoms with E-state index in [0.29, 0.717) is 10.7 Å². The van der Waals surface area contributed by atoms with E-state index in [2.05, 4.69) is 12.1 Å². The molecule has 0 atom stereocenters. The predicted molar refractivity (Wildman–Crippen MR) is 86.1 cm³/mol. The monoisotopic (exact) mass is 289 g/mol. The van der Waals surface area contributed by atoms with Crippen LogP contribution in [0, 0.1) is 6.92 Å². The fourth-order valence-corrected chi connectivity index (χ4v) is 2.84. The maximum Gasteiger partial charge on any atom is 0.0501 e. The van der Waals surface area contributed by atoms with E-state index in [9.17, 15) is 0 Å². The first-order chi connectivity index (χ1) is 9.16. The summed E-state index contributed by atoms with van der Waals surface area (Å²) in [6.07, 6.45) is 0. The second kappa shape index (κ2) is 6.69. The average molecular weight is 290 g/mol. The summed E-state index contributed by atoms with van der Waals surface area (Å²) < 4.78 is 0. The van der Waals surface area contributed by atoms with Gasteiger partial charge in [0.15, 0.2) is 0 Å². The molecule has 0 aliphatic carbocycles. The summed E-state index contributed by atoms with van der Waals surface area (Å²) in [4.78, 5) is 0. The summed E-state index contributed by atoms with van der Waals surface area (Å²) in [5.41, 5.74) is 10.1. The molecule has 3 heteroatoms. The van der Waals surface area contributed by atoms with Crippen molar-refractivity contribution in [1.82, 2.24) is 0 Å². The topological polar surface area (TPSA) is 26.0 Å². The number of aryl methyl sites for hydroxylation is 1. The van der Waals surface area contributed by atoms with Crippen LogP contribution in [0.3, 0.4) is 0 Å². The molecule has 0 radical (unpaired) electrons. The van der Waals surface area contributed by atoms with E-state index < -0.39 is 0 Å². The Morgan fingerprint density at radius 2 is 1.95 bits per heavy atom. The van der Waals surface area contributed by atoms with Gasteiger partial charge in [0.2, 0.25) is 0 Å². The van der Waals surface area contributed by atoms with Crippen molar-refractivity contribution in [3.05, 3.63) is 75.7 Å². The third kappa shape index (κ3) is 4.05. The van der Waals surface area contributed by atoms with Crippen molar-refractivity contribution < 1.29 is 0 Å². The van der Waals surface area contributed by atoms with E-state index in [1.807, 2.05) is 48.7 Å². The molecule has 2 N–H and O–H groups in total. The molecule has 0 spiro atoms. The molecule has 0 unspecified atom stereocenters. The quantitative estimate of drug-likeness (QED) is 0.871. The molecular formula is C16H16ClNS. The Balaban J connectivity index is 2.03. The predicted octanol–water partition coefficient (Wildman–Crippen LogP) is 4.84. The smallest absolute Gasteiger partial charge is 0.0501 e. The second-order valence-electron chi connectivity index (χ2n) is 4.35. The van der Waals surface area contributed by atoms with Crippen molar-refractivity contribution in [2.45, 2.75) is 12.7 Å². The van der Waals surface area contributed by atoms with Gasteiger partial charge in [0, 0.05) is 17.0 Å². The van der Waals surface area contributed by atoms with Crippen LogP contribution in [0.15, 0.2) is 53.9 Å². The molecule has 0 aliphatic heterocycles. The summed E-state index contributed by atoms with van der Waals surface area (Å²) in [5.74, 6) is 0.908. The van der Waals surface area contributed by atoms with E-state index in [1.165, 1.54) is 5.56 Å². The second-order valence-corrected chi connectivity index (χ2v) is 5.62. The number of hydrogen-bond acceptors (Lipinski definition) is 2. The molecule has 98 valence electrons. The van der Waals surface area contributed by atoms with Crippen molar-refractivity contribution in [3.8, 4) is 0 Å². The highest BCUT2D eigenvalue weighted by Gasteiger charge is 2.03. The minimum atomic E-state index is 0.703. The fourth-order valence-electron chi connectivity index (χ4n) is 1.72. The SMILES string of the molecule is Cc1ccc(/C(N)=C/SCc2ccccc2)c(Cl)c1. The Labute approximate surface area is 123 Å². The van der Waals surface area contributed by atoms with Crippen molar-refractivity contribution in [3.63, 3.8) is 0 Å². The van der Waals surface area contributed by atoms with Gasteiger partial charge in [-0.1, -0.05) is 54.1 Å². The summed E-state index contributed by atoms with van der Waals surface area (Å²) in [6, 6.07) is 16.2. The van der Waals surface area contributed by atoms with Crippen molar-refractivity contribution in [2.75, 3.05) is 0 Å². The van der Waals surface area contributed by atoms with Crippen LogP contribution in [0.5, 0.6) is 0 Å². The number of halogens is 1. The molecule has 2 aromatic carbocycles. The molecule has 2 aromatic rings. The first-order valence-electron chi connectivity index (χ1n) is 6.04. The Hall–Kier alpha value is -1.38. The maximum atomic E-state index is 6.19. The van der Waals surface area contributed by atoms with Gasteiger partial charge in [-0.25, -0.2) is 0 Å². The number of thioether (sulfide) groups is 1. The molecule has 0 amide bonds. The Morgan fingerprint density at radius 3 is 2.63 bits per heavy atom. The minimum absolute atomic E-state index is 0.703. The molecule has 0 bridgehead atoms. The fraction of sp³-hybridized carbons (Fsp3) is 0.125. The zero-order chi connectivity index (χ0) is 13.7. The molecule has 0 fully saturated rings. The molecular weight excluding hydrogens is 274 g/mol. The Kier molecular flexibility index (Phi) is 4.94. The van der Waals surface area contributed by atoms with Gasteiger partial charge in [-0.2, -0.15) is 0 Å². The highest BCUT2D eigenvalue weighted by atomic mass is 35.5. The van der Waals surface area contributed by atoms with E-state index in [4.69, 9.17) is 17.3 Å². The van der Waals surface area contributed by atoms with Crippen molar-refractivity contribution in [1.29, 1.82) is 0 Å². The molecule has 19 heavy (non-hydrogen) atoms. The zero-order valence-corrected chi connectivity index (χ0v) is 12.3. The highest BCUT2D eigenvalue weighted by Crippen LogP contribution is 2.24. The molecule has 0 aromatic heterocycles. The maximum absolute atomic E-state index is 6.19. The van der Waals surface area contributed by atoms with Crippen LogP contribution in [-0.2, 0) is 5.75 Å². The van der Waals surface area contributed by atoms with E-state index in [-0.39, 0.29) is 0 Å². The van der Waals surface area contributed by atoms with Gasteiger partial charge >= 0.3 is 0 Å². The van der Waals surface area contributed by atoms with E-state index in [0.717, 1.165) is 16.9 Å². The summed E-state index contributed by atoms with van der Waals surface area (Å²) in [5, 5.41) is 2.66. The molecule has 2 rings (SSSR count). The van der Waals surface area contributed by atoms with E-state index >= 15 is 0 Å². The Morgan fingerprint density at radius 1 is 1.21 bits per heavy atom. The van der Waals surface area contributed by atoms with Crippen LogP contribution in [0.4, 0.5) is 0 Å². The van der Waals surface area contributed by atoms with Crippen molar-refractivity contribution in [2.24, 2.45) is 5.73 Å². The molecule has 0 saturated carbocycles. The van der Waals surface area contributed by atoms with Crippen LogP contribution in [-0.4, -0.2) is 0 Å². The Bertz CT molecular complexity index is 579.